The molecule has 0 aromatic rings. The maximum absolute atomic E-state index is 6.16. The summed E-state index contributed by atoms with van der Waals surface area (Å²) >= 11 is 0. The first-order valence-electron chi connectivity index (χ1n) is 11.4. The maximum atomic E-state index is 6.16. The second kappa shape index (κ2) is 8.30. The SMILES string of the molecule is CC1CC(C(C)(C)C2CCC(OCC3CO3)C(C)C2)CCC1OCC1CO1. The third-order valence-corrected chi connectivity index (χ3v) is 8.08. The Hall–Kier alpha value is -0.160. The Labute approximate surface area is 165 Å². The molecule has 0 radical (unpaired) electrons. The highest BCUT2D eigenvalue weighted by molar-refractivity contribution is 4.94. The van der Waals surface area contributed by atoms with E-state index < -0.39 is 0 Å². The first-order valence-corrected chi connectivity index (χ1v) is 11.4. The minimum atomic E-state index is 0.386. The summed E-state index contributed by atoms with van der Waals surface area (Å²) in [4.78, 5) is 0. The molecule has 156 valence electrons. The van der Waals surface area contributed by atoms with Gasteiger partial charge in [0.2, 0.25) is 0 Å². The van der Waals surface area contributed by atoms with E-state index in [1.807, 2.05) is 0 Å². The summed E-state index contributed by atoms with van der Waals surface area (Å²) in [7, 11) is 0. The van der Waals surface area contributed by atoms with Gasteiger partial charge in [-0.25, -0.2) is 0 Å². The lowest BCUT2D eigenvalue weighted by Gasteiger charge is -2.49. The number of epoxide rings is 2. The Bertz CT molecular complexity index is 443. The molecule has 2 aliphatic carbocycles. The van der Waals surface area contributed by atoms with Gasteiger partial charge in [0.1, 0.15) is 12.2 Å². The van der Waals surface area contributed by atoms with E-state index in [-0.39, 0.29) is 0 Å². The summed E-state index contributed by atoms with van der Waals surface area (Å²) in [6.45, 7) is 13.3. The van der Waals surface area contributed by atoms with Crippen LogP contribution in [0.15, 0.2) is 0 Å². The molecule has 0 bridgehead atoms. The number of rotatable bonds is 8. The minimum absolute atomic E-state index is 0.386. The van der Waals surface area contributed by atoms with Gasteiger partial charge in [-0.3, -0.25) is 0 Å². The topological polar surface area (TPSA) is 43.5 Å². The Balaban J connectivity index is 1.26. The Kier molecular flexibility index (Phi) is 6.18. The van der Waals surface area contributed by atoms with Gasteiger partial charge in [0.15, 0.2) is 0 Å². The fourth-order valence-electron chi connectivity index (χ4n) is 5.71. The van der Waals surface area contributed by atoms with Crippen LogP contribution in [0, 0.1) is 29.1 Å². The van der Waals surface area contributed by atoms with Crippen molar-refractivity contribution in [3.8, 4) is 0 Å². The third kappa shape index (κ3) is 5.07. The number of hydrogen-bond acceptors (Lipinski definition) is 4. The summed E-state index contributed by atoms with van der Waals surface area (Å²) in [5.41, 5.74) is 0.414. The van der Waals surface area contributed by atoms with E-state index in [4.69, 9.17) is 18.9 Å². The molecule has 4 nitrogen and oxygen atoms in total. The van der Waals surface area contributed by atoms with E-state index in [0.717, 1.165) is 38.3 Å². The van der Waals surface area contributed by atoms with Crippen molar-refractivity contribution in [3.05, 3.63) is 0 Å². The fourth-order valence-corrected chi connectivity index (χ4v) is 5.71. The van der Waals surface area contributed by atoms with Crippen molar-refractivity contribution < 1.29 is 18.9 Å². The van der Waals surface area contributed by atoms with Gasteiger partial charge in [0.25, 0.3) is 0 Å². The fraction of sp³-hybridized carbons (Fsp3) is 1.00. The van der Waals surface area contributed by atoms with Crippen LogP contribution in [0.2, 0.25) is 0 Å². The molecule has 4 aliphatic rings. The molecule has 8 atom stereocenters. The molecule has 2 heterocycles. The minimum Gasteiger partial charge on any atom is -0.375 e. The monoisotopic (exact) mass is 380 g/mol. The van der Waals surface area contributed by atoms with Crippen molar-refractivity contribution in [1.29, 1.82) is 0 Å². The number of ether oxygens (including phenoxy) is 4. The lowest BCUT2D eigenvalue weighted by atomic mass is 9.58. The lowest BCUT2D eigenvalue weighted by Crippen LogP contribution is -2.43. The predicted octanol–water partition coefficient (Wildman–Crippen LogP) is 4.45. The molecule has 4 heteroatoms. The lowest BCUT2D eigenvalue weighted by molar-refractivity contribution is -0.0715. The van der Waals surface area contributed by atoms with E-state index in [2.05, 4.69) is 27.7 Å². The second-order valence-electron chi connectivity index (χ2n) is 10.5. The van der Waals surface area contributed by atoms with Crippen molar-refractivity contribution in [3.63, 3.8) is 0 Å². The van der Waals surface area contributed by atoms with Gasteiger partial charge in [-0.05, 0) is 67.6 Å². The van der Waals surface area contributed by atoms with E-state index in [9.17, 15) is 0 Å². The summed E-state index contributed by atoms with van der Waals surface area (Å²) < 4.78 is 22.9. The zero-order valence-corrected chi connectivity index (χ0v) is 17.8. The van der Waals surface area contributed by atoms with Gasteiger partial charge in [-0.1, -0.05) is 27.7 Å². The van der Waals surface area contributed by atoms with Gasteiger partial charge in [0, 0.05) is 0 Å². The van der Waals surface area contributed by atoms with Crippen LogP contribution in [-0.2, 0) is 18.9 Å². The predicted molar refractivity (Wildman–Crippen MR) is 106 cm³/mol. The zero-order chi connectivity index (χ0) is 19.0. The van der Waals surface area contributed by atoms with Crippen molar-refractivity contribution in [2.45, 2.75) is 90.6 Å². The molecule has 2 saturated heterocycles. The Morgan fingerprint density at radius 2 is 1.15 bits per heavy atom. The largest absolute Gasteiger partial charge is 0.375 e. The molecule has 0 amide bonds. The van der Waals surface area contributed by atoms with Crippen LogP contribution in [0.1, 0.15) is 66.2 Å². The summed E-state index contributed by atoms with van der Waals surface area (Å²) in [6, 6.07) is 0. The summed E-state index contributed by atoms with van der Waals surface area (Å²) in [5, 5.41) is 0. The molecular weight excluding hydrogens is 340 g/mol. The van der Waals surface area contributed by atoms with Crippen LogP contribution < -0.4 is 0 Å². The van der Waals surface area contributed by atoms with Gasteiger partial charge < -0.3 is 18.9 Å². The smallest absolute Gasteiger partial charge is 0.104 e. The molecule has 27 heavy (non-hydrogen) atoms. The molecule has 2 aliphatic heterocycles. The standard InChI is InChI=1S/C23H40O4/c1-15-9-17(5-7-21(15)26-13-19-11-24-19)23(3,4)18-6-8-22(16(2)10-18)27-14-20-12-25-20/h15-22H,5-14H2,1-4H3. The van der Waals surface area contributed by atoms with Crippen LogP contribution in [-0.4, -0.2) is 50.8 Å². The summed E-state index contributed by atoms with van der Waals surface area (Å²) in [5.74, 6) is 2.97. The van der Waals surface area contributed by atoms with E-state index in [0.29, 0.717) is 41.7 Å². The van der Waals surface area contributed by atoms with Gasteiger partial charge in [0.05, 0.1) is 38.6 Å². The van der Waals surface area contributed by atoms with E-state index >= 15 is 0 Å². The molecule has 4 rings (SSSR count). The van der Waals surface area contributed by atoms with Gasteiger partial charge in [-0.2, -0.15) is 0 Å². The van der Waals surface area contributed by atoms with Crippen molar-refractivity contribution in [2.75, 3.05) is 26.4 Å². The average molecular weight is 381 g/mol. The highest BCUT2D eigenvalue weighted by Crippen LogP contribution is 2.51. The van der Waals surface area contributed by atoms with Crippen molar-refractivity contribution >= 4 is 0 Å². The molecule has 2 saturated carbocycles. The van der Waals surface area contributed by atoms with E-state index in [1.54, 1.807) is 0 Å². The molecule has 4 fully saturated rings. The third-order valence-electron chi connectivity index (χ3n) is 8.08. The Morgan fingerprint density at radius 1 is 0.741 bits per heavy atom. The first kappa shape index (κ1) is 20.1. The Morgan fingerprint density at radius 3 is 1.48 bits per heavy atom. The van der Waals surface area contributed by atoms with Crippen molar-refractivity contribution in [2.24, 2.45) is 29.1 Å². The maximum Gasteiger partial charge on any atom is 0.104 e. The van der Waals surface area contributed by atoms with Gasteiger partial charge >= 0.3 is 0 Å². The molecule has 0 aromatic carbocycles. The number of hydrogen-bond donors (Lipinski definition) is 0. The van der Waals surface area contributed by atoms with Crippen LogP contribution in [0.4, 0.5) is 0 Å². The molecule has 0 aromatic heterocycles. The van der Waals surface area contributed by atoms with Gasteiger partial charge in [-0.15, -0.1) is 0 Å². The van der Waals surface area contributed by atoms with Crippen LogP contribution in [0.3, 0.4) is 0 Å². The van der Waals surface area contributed by atoms with Crippen LogP contribution in [0.25, 0.3) is 0 Å². The summed E-state index contributed by atoms with van der Waals surface area (Å²) in [6.07, 6.45) is 9.35. The second-order valence-corrected chi connectivity index (χ2v) is 10.5. The zero-order valence-electron chi connectivity index (χ0n) is 17.8. The quantitative estimate of drug-likeness (QED) is 0.584. The normalized spacial score (nSPS) is 44.9. The highest BCUT2D eigenvalue weighted by atomic mass is 16.6. The highest BCUT2D eigenvalue weighted by Gasteiger charge is 2.44. The van der Waals surface area contributed by atoms with Crippen molar-refractivity contribution in [1.82, 2.24) is 0 Å². The molecule has 0 spiro atoms. The van der Waals surface area contributed by atoms with E-state index in [1.165, 1.54) is 38.5 Å². The molecular formula is C23H40O4. The average Bonchev–Trinajstić information content (AvgIpc) is 3.54. The molecule has 0 N–H and O–H groups in total. The first-order chi connectivity index (χ1) is 12.9. The van der Waals surface area contributed by atoms with Crippen LogP contribution in [0.5, 0.6) is 0 Å². The molecule has 8 unspecified atom stereocenters. The van der Waals surface area contributed by atoms with Crippen LogP contribution >= 0.6 is 0 Å².